The summed E-state index contributed by atoms with van der Waals surface area (Å²) < 4.78 is 0.977. The van der Waals surface area contributed by atoms with Gasteiger partial charge in [0.2, 0.25) is 0 Å². The van der Waals surface area contributed by atoms with Gasteiger partial charge in [-0.3, -0.25) is 4.79 Å². The summed E-state index contributed by atoms with van der Waals surface area (Å²) in [7, 11) is 1.90. The molecule has 1 N–H and O–H groups in total. The Balaban J connectivity index is 2.80. The third-order valence-electron chi connectivity index (χ3n) is 2.36. The van der Waals surface area contributed by atoms with E-state index in [9.17, 15) is 4.79 Å². The number of hydrogen-bond donors (Lipinski definition) is 1. The Morgan fingerprint density at radius 3 is 2.67 bits per heavy atom. The lowest BCUT2D eigenvalue weighted by Gasteiger charge is -2.26. The molecule has 0 fully saturated rings. The van der Waals surface area contributed by atoms with E-state index in [-0.39, 0.29) is 12.5 Å². The van der Waals surface area contributed by atoms with Gasteiger partial charge in [-0.2, -0.15) is 0 Å². The molecule has 0 aliphatic carbocycles. The van der Waals surface area contributed by atoms with E-state index < -0.39 is 5.97 Å². The van der Waals surface area contributed by atoms with Crippen molar-refractivity contribution in [3.63, 3.8) is 0 Å². The Hall–Kier alpha value is -1.03. The molecule has 0 saturated carbocycles. The van der Waals surface area contributed by atoms with Gasteiger partial charge >= 0.3 is 5.97 Å². The Kier molecular flexibility index (Phi) is 4.15. The maximum Gasteiger partial charge on any atom is 0.305 e. The SMILES string of the molecule is CC(CC(=O)O)N(C)c1ccccc1Br. The van der Waals surface area contributed by atoms with Crippen molar-refractivity contribution in [2.75, 3.05) is 11.9 Å². The number of carboxylic acid groups (broad SMARTS) is 1. The van der Waals surface area contributed by atoms with Crippen molar-refractivity contribution in [2.45, 2.75) is 19.4 Å². The molecule has 4 heteroatoms. The molecular weight excluding hydrogens is 258 g/mol. The molecule has 1 unspecified atom stereocenters. The summed E-state index contributed by atoms with van der Waals surface area (Å²) in [6, 6.07) is 7.75. The van der Waals surface area contributed by atoms with E-state index in [4.69, 9.17) is 5.11 Å². The number of halogens is 1. The minimum atomic E-state index is -0.776. The van der Waals surface area contributed by atoms with Crippen LogP contribution in [0.5, 0.6) is 0 Å². The smallest absolute Gasteiger partial charge is 0.305 e. The van der Waals surface area contributed by atoms with Crippen molar-refractivity contribution < 1.29 is 9.90 Å². The maximum absolute atomic E-state index is 10.6. The molecule has 82 valence electrons. The quantitative estimate of drug-likeness (QED) is 0.916. The van der Waals surface area contributed by atoms with Gasteiger partial charge in [-0.15, -0.1) is 0 Å². The van der Waals surface area contributed by atoms with Crippen molar-refractivity contribution in [1.29, 1.82) is 0 Å². The van der Waals surface area contributed by atoms with Crippen LogP contribution in [0, 0.1) is 0 Å². The minimum Gasteiger partial charge on any atom is -0.481 e. The van der Waals surface area contributed by atoms with E-state index in [1.807, 2.05) is 43.1 Å². The fourth-order valence-corrected chi connectivity index (χ4v) is 1.93. The second-order valence-electron chi connectivity index (χ2n) is 3.51. The lowest BCUT2D eigenvalue weighted by molar-refractivity contribution is -0.137. The second-order valence-corrected chi connectivity index (χ2v) is 4.36. The number of hydrogen-bond acceptors (Lipinski definition) is 2. The van der Waals surface area contributed by atoms with Gasteiger partial charge in [-0.25, -0.2) is 0 Å². The van der Waals surface area contributed by atoms with Crippen molar-refractivity contribution in [3.8, 4) is 0 Å². The highest BCUT2D eigenvalue weighted by Crippen LogP contribution is 2.26. The molecule has 0 aliphatic rings. The topological polar surface area (TPSA) is 40.5 Å². The van der Waals surface area contributed by atoms with Gasteiger partial charge in [-0.1, -0.05) is 12.1 Å². The van der Waals surface area contributed by atoms with Crippen LogP contribution < -0.4 is 4.90 Å². The molecule has 0 aromatic heterocycles. The summed E-state index contributed by atoms with van der Waals surface area (Å²) in [6.45, 7) is 1.90. The van der Waals surface area contributed by atoms with E-state index in [1.54, 1.807) is 0 Å². The Morgan fingerprint density at radius 2 is 2.13 bits per heavy atom. The van der Waals surface area contributed by atoms with Gasteiger partial charge < -0.3 is 10.0 Å². The molecule has 1 atom stereocenters. The number of nitrogens with zero attached hydrogens (tertiary/aromatic N) is 1. The predicted octanol–water partition coefficient (Wildman–Crippen LogP) is 2.75. The zero-order valence-corrected chi connectivity index (χ0v) is 10.4. The van der Waals surface area contributed by atoms with Crippen LogP contribution in [0.15, 0.2) is 28.7 Å². The van der Waals surface area contributed by atoms with Gasteiger partial charge in [0.05, 0.1) is 12.1 Å². The summed E-state index contributed by atoms with van der Waals surface area (Å²) in [5.74, 6) is -0.776. The first-order valence-electron chi connectivity index (χ1n) is 4.71. The molecule has 1 aromatic carbocycles. The molecule has 0 amide bonds. The van der Waals surface area contributed by atoms with Crippen LogP contribution in [-0.4, -0.2) is 24.2 Å². The minimum absolute atomic E-state index is 0.0267. The number of para-hydroxylation sites is 1. The molecular formula is C11H14BrNO2. The van der Waals surface area contributed by atoms with Gasteiger partial charge in [0.15, 0.2) is 0 Å². The fraction of sp³-hybridized carbons (Fsp3) is 0.364. The standard InChI is InChI=1S/C11H14BrNO2/c1-8(7-11(14)15)13(2)10-6-4-3-5-9(10)12/h3-6,8H,7H2,1-2H3,(H,14,15). The molecule has 0 heterocycles. The van der Waals surface area contributed by atoms with Crippen LogP contribution in [0.3, 0.4) is 0 Å². The number of anilines is 1. The van der Waals surface area contributed by atoms with Crippen LogP contribution in [0.4, 0.5) is 5.69 Å². The van der Waals surface area contributed by atoms with Crippen molar-refractivity contribution in [2.24, 2.45) is 0 Å². The van der Waals surface area contributed by atoms with Gasteiger partial charge in [0.25, 0.3) is 0 Å². The van der Waals surface area contributed by atoms with Gasteiger partial charge in [0.1, 0.15) is 0 Å². The fourth-order valence-electron chi connectivity index (χ4n) is 1.36. The number of benzene rings is 1. The molecule has 0 aliphatic heterocycles. The summed E-state index contributed by atoms with van der Waals surface area (Å²) in [4.78, 5) is 12.5. The normalized spacial score (nSPS) is 12.2. The second kappa shape index (κ2) is 5.16. The van der Waals surface area contributed by atoms with Crippen LogP contribution in [0.1, 0.15) is 13.3 Å². The zero-order chi connectivity index (χ0) is 11.4. The summed E-state index contributed by atoms with van der Waals surface area (Å²) in [5.41, 5.74) is 1.01. The lowest BCUT2D eigenvalue weighted by Crippen LogP contribution is -2.31. The van der Waals surface area contributed by atoms with E-state index in [2.05, 4.69) is 15.9 Å². The Bertz CT molecular complexity index is 354. The lowest BCUT2D eigenvalue weighted by atomic mass is 10.2. The first kappa shape index (κ1) is 12.0. The monoisotopic (exact) mass is 271 g/mol. The largest absolute Gasteiger partial charge is 0.481 e. The van der Waals surface area contributed by atoms with E-state index in [0.29, 0.717) is 0 Å². The first-order valence-corrected chi connectivity index (χ1v) is 5.51. The van der Waals surface area contributed by atoms with E-state index >= 15 is 0 Å². The predicted molar refractivity (Wildman–Crippen MR) is 64.3 cm³/mol. The number of rotatable bonds is 4. The van der Waals surface area contributed by atoms with Crippen LogP contribution in [-0.2, 0) is 4.79 Å². The van der Waals surface area contributed by atoms with Crippen molar-refractivity contribution in [1.82, 2.24) is 0 Å². The molecule has 0 saturated heterocycles. The zero-order valence-electron chi connectivity index (χ0n) is 8.77. The molecule has 0 spiro atoms. The molecule has 15 heavy (non-hydrogen) atoms. The number of carboxylic acids is 1. The average Bonchev–Trinajstić information content (AvgIpc) is 2.16. The molecule has 0 bridgehead atoms. The van der Waals surface area contributed by atoms with Crippen LogP contribution >= 0.6 is 15.9 Å². The first-order chi connectivity index (χ1) is 7.02. The van der Waals surface area contributed by atoms with E-state index in [1.165, 1.54) is 0 Å². The number of carbonyl (C=O) groups is 1. The average molecular weight is 272 g/mol. The van der Waals surface area contributed by atoms with Gasteiger partial charge in [-0.05, 0) is 35.0 Å². The van der Waals surface area contributed by atoms with Gasteiger partial charge in [0, 0.05) is 17.6 Å². The summed E-state index contributed by atoms with van der Waals surface area (Å²) >= 11 is 3.44. The Morgan fingerprint density at radius 1 is 1.53 bits per heavy atom. The third-order valence-corrected chi connectivity index (χ3v) is 3.03. The number of aliphatic carboxylic acids is 1. The molecule has 1 rings (SSSR count). The third kappa shape index (κ3) is 3.23. The van der Waals surface area contributed by atoms with Crippen LogP contribution in [0.25, 0.3) is 0 Å². The molecule has 0 radical (unpaired) electrons. The van der Waals surface area contributed by atoms with Crippen LogP contribution in [0.2, 0.25) is 0 Å². The highest BCUT2D eigenvalue weighted by molar-refractivity contribution is 9.10. The van der Waals surface area contributed by atoms with E-state index in [0.717, 1.165) is 10.2 Å². The summed E-state index contributed by atoms with van der Waals surface area (Å²) in [5, 5.41) is 8.71. The molecule has 1 aromatic rings. The van der Waals surface area contributed by atoms with Crippen molar-refractivity contribution >= 4 is 27.6 Å². The molecule has 3 nitrogen and oxygen atoms in total. The highest BCUT2D eigenvalue weighted by Gasteiger charge is 2.14. The Labute approximate surface area is 97.8 Å². The summed E-state index contributed by atoms with van der Waals surface area (Å²) in [6.07, 6.45) is 0.137. The van der Waals surface area contributed by atoms with Crippen molar-refractivity contribution in [3.05, 3.63) is 28.7 Å². The maximum atomic E-state index is 10.6. The highest BCUT2D eigenvalue weighted by atomic mass is 79.9.